The highest BCUT2D eigenvalue weighted by molar-refractivity contribution is 5.94. The number of ether oxygens (including phenoxy) is 1. The molecule has 1 aliphatic rings. The maximum Gasteiger partial charge on any atom is 0.265 e. The van der Waals surface area contributed by atoms with Gasteiger partial charge in [-0.05, 0) is 75.2 Å². The molecule has 2 amide bonds. The van der Waals surface area contributed by atoms with Crippen LogP contribution in [0.25, 0.3) is 0 Å². The molecule has 2 aromatic rings. The van der Waals surface area contributed by atoms with E-state index in [1.54, 1.807) is 31.2 Å². The third kappa shape index (κ3) is 6.56. The number of nitrogens with two attached hydrogens (primary N) is 1. The highest BCUT2D eigenvalue weighted by Crippen LogP contribution is 2.18. The van der Waals surface area contributed by atoms with E-state index >= 15 is 0 Å². The van der Waals surface area contributed by atoms with Crippen molar-refractivity contribution in [3.05, 3.63) is 59.7 Å². The zero-order chi connectivity index (χ0) is 22.2. The van der Waals surface area contributed by atoms with Crippen LogP contribution >= 0.6 is 0 Å². The van der Waals surface area contributed by atoms with Crippen molar-refractivity contribution in [1.29, 1.82) is 5.26 Å². The highest BCUT2D eigenvalue weighted by Gasteiger charge is 2.22. The molecule has 1 atom stereocenters. The van der Waals surface area contributed by atoms with Gasteiger partial charge in [0.1, 0.15) is 5.75 Å². The molecular weight excluding hydrogens is 392 g/mol. The van der Waals surface area contributed by atoms with E-state index in [1.807, 2.05) is 24.3 Å². The number of likely N-dealkylation sites (tertiary alicyclic amines) is 1. The summed E-state index contributed by atoms with van der Waals surface area (Å²) in [5.41, 5.74) is 7.77. The summed E-state index contributed by atoms with van der Waals surface area (Å²) in [5, 5.41) is 11.8. The predicted molar refractivity (Wildman–Crippen MR) is 118 cm³/mol. The van der Waals surface area contributed by atoms with E-state index in [1.165, 1.54) is 5.56 Å². The van der Waals surface area contributed by atoms with Gasteiger partial charge >= 0.3 is 0 Å². The first-order chi connectivity index (χ1) is 14.9. The molecule has 162 valence electrons. The van der Waals surface area contributed by atoms with Crippen molar-refractivity contribution >= 4 is 17.5 Å². The number of hydrogen-bond donors (Lipinski definition) is 2. The second-order valence-electron chi connectivity index (χ2n) is 7.85. The first-order valence-electron chi connectivity index (χ1n) is 10.5. The summed E-state index contributed by atoms with van der Waals surface area (Å²) in [7, 11) is 0. The molecule has 2 aromatic carbocycles. The minimum absolute atomic E-state index is 0.0146. The molecule has 0 bridgehead atoms. The topological polar surface area (TPSA) is 108 Å². The molecular formula is C24H28N4O3. The Labute approximate surface area is 182 Å². The first kappa shape index (κ1) is 22.3. The lowest BCUT2D eigenvalue weighted by molar-refractivity contribution is -0.123. The monoisotopic (exact) mass is 420 g/mol. The van der Waals surface area contributed by atoms with Crippen molar-refractivity contribution in [1.82, 2.24) is 4.90 Å². The van der Waals surface area contributed by atoms with Crippen molar-refractivity contribution in [2.45, 2.75) is 32.3 Å². The van der Waals surface area contributed by atoms with Gasteiger partial charge in [0, 0.05) is 18.2 Å². The Morgan fingerprint density at radius 2 is 1.94 bits per heavy atom. The number of rotatable bonds is 8. The summed E-state index contributed by atoms with van der Waals surface area (Å²) in [6.07, 6.45) is 1.88. The molecule has 1 saturated heterocycles. The maximum absolute atomic E-state index is 12.4. The van der Waals surface area contributed by atoms with Gasteiger partial charge < -0.3 is 20.7 Å². The summed E-state index contributed by atoms with van der Waals surface area (Å²) < 4.78 is 5.64. The zero-order valence-corrected chi connectivity index (χ0v) is 17.7. The summed E-state index contributed by atoms with van der Waals surface area (Å²) in [6, 6.07) is 16.6. The van der Waals surface area contributed by atoms with E-state index in [9.17, 15) is 9.59 Å². The second-order valence-corrected chi connectivity index (χ2v) is 7.85. The number of piperidine rings is 1. The molecule has 0 radical (unpaired) electrons. The quantitative estimate of drug-likeness (QED) is 0.683. The number of hydrogen-bond acceptors (Lipinski definition) is 5. The van der Waals surface area contributed by atoms with Crippen LogP contribution in [0.3, 0.4) is 0 Å². The van der Waals surface area contributed by atoms with Crippen molar-refractivity contribution in [3.63, 3.8) is 0 Å². The van der Waals surface area contributed by atoms with E-state index in [0.29, 0.717) is 17.0 Å². The Hall–Kier alpha value is -3.37. The zero-order valence-electron chi connectivity index (χ0n) is 17.7. The van der Waals surface area contributed by atoms with E-state index in [-0.39, 0.29) is 17.7 Å². The van der Waals surface area contributed by atoms with E-state index < -0.39 is 6.10 Å². The molecule has 1 unspecified atom stereocenters. The fraction of sp³-hybridized carbons (Fsp3) is 0.375. The lowest BCUT2D eigenvalue weighted by atomic mass is 9.96. The average Bonchev–Trinajstić information content (AvgIpc) is 2.79. The number of carbonyl (C=O) groups is 2. The fourth-order valence-electron chi connectivity index (χ4n) is 3.62. The fourth-order valence-corrected chi connectivity index (χ4v) is 3.62. The maximum atomic E-state index is 12.4. The van der Waals surface area contributed by atoms with Gasteiger partial charge in [-0.2, -0.15) is 5.26 Å². The predicted octanol–water partition coefficient (Wildman–Crippen LogP) is 2.70. The van der Waals surface area contributed by atoms with Gasteiger partial charge in [0.15, 0.2) is 6.10 Å². The van der Waals surface area contributed by atoms with E-state index in [0.717, 1.165) is 38.9 Å². The number of nitrogens with one attached hydrogen (secondary N) is 1. The molecule has 0 aromatic heterocycles. The number of primary amides is 1. The van der Waals surface area contributed by atoms with Gasteiger partial charge in [0.2, 0.25) is 5.91 Å². The van der Waals surface area contributed by atoms with Crippen molar-refractivity contribution in [2.24, 2.45) is 11.7 Å². The second kappa shape index (κ2) is 10.6. The standard InChI is InChI=1S/C24H28N4O3/c1-17(31-22-4-2-3-19(15-22)16-25)24(30)27-21-7-5-18(6-8-21)9-12-28-13-10-20(11-14-28)23(26)29/h2-8,15,17,20H,9-14H2,1H3,(H2,26,29)(H,27,30). The Bertz CT molecular complexity index is 944. The summed E-state index contributed by atoms with van der Waals surface area (Å²) >= 11 is 0. The van der Waals surface area contributed by atoms with Crippen LogP contribution in [0.1, 0.15) is 30.9 Å². The van der Waals surface area contributed by atoms with Gasteiger partial charge in [-0.15, -0.1) is 0 Å². The molecule has 3 N–H and O–H groups in total. The third-order valence-electron chi connectivity index (χ3n) is 5.57. The number of carbonyl (C=O) groups excluding carboxylic acids is 2. The molecule has 31 heavy (non-hydrogen) atoms. The number of nitrogens with zero attached hydrogens (tertiary/aromatic N) is 2. The largest absolute Gasteiger partial charge is 0.481 e. The van der Waals surface area contributed by atoms with Crippen LogP contribution in [0, 0.1) is 17.2 Å². The molecule has 7 nitrogen and oxygen atoms in total. The number of anilines is 1. The van der Waals surface area contributed by atoms with Crippen LogP contribution in [0.4, 0.5) is 5.69 Å². The number of nitriles is 1. The van der Waals surface area contributed by atoms with Crippen LogP contribution in [0.2, 0.25) is 0 Å². The molecule has 1 heterocycles. The van der Waals surface area contributed by atoms with Crippen LogP contribution in [0.5, 0.6) is 5.75 Å². The molecule has 1 fully saturated rings. The van der Waals surface area contributed by atoms with Gasteiger partial charge in [-0.3, -0.25) is 9.59 Å². The van der Waals surface area contributed by atoms with Crippen molar-refractivity contribution in [2.75, 3.05) is 25.0 Å². The third-order valence-corrected chi connectivity index (χ3v) is 5.57. The van der Waals surface area contributed by atoms with Gasteiger partial charge in [0.05, 0.1) is 11.6 Å². The number of benzene rings is 2. The minimum Gasteiger partial charge on any atom is -0.481 e. The SMILES string of the molecule is CC(Oc1cccc(C#N)c1)C(=O)Nc1ccc(CCN2CCC(C(N)=O)CC2)cc1. The van der Waals surface area contributed by atoms with Crippen molar-refractivity contribution in [3.8, 4) is 11.8 Å². The van der Waals surface area contributed by atoms with Crippen LogP contribution in [-0.4, -0.2) is 42.5 Å². The Kier molecular flexibility index (Phi) is 7.63. The smallest absolute Gasteiger partial charge is 0.265 e. The Morgan fingerprint density at radius 3 is 2.58 bits per heavy atom. The molecule has 1 aliphatic heterocycles. The highest BCUT2D eigenvalue weighted by atomic mass is 16.5. The molecule has 0 aliphatic carbocycles. The average molecular weight is 421 g/mol. The Morgan fingerprint density at radius 1 is 1.23 bits per heavy atom. The molecule has 0 spiro atoms. The lowest BCUT2D eigenvalue weighted by Gasteiger charge is -2.30. The first-order valence-corrected chi connectivity index (χ1v) is 10.5. The summed E-state index contributed by atoms with van der Waals surface area (Å²) in [4.78, 5) is 26.0. The van der Waals surface area contributed by atoms with Crippen molar-refractivity contribution < 1.29 is 14.3 Å². The van der Waals surface area contributed by atoms with Crippen LogP contribution in [0.15, 0.2) is 48.5 Å². The number of amides is 2. The summed E-state index contributed by atoms with van der Waals surface area (Å²) in [5.74, 6) is 0.0536. The van der Waals surface area contributed by atoms with E-state index in [2.05, 4.69) is 16.3 Å². The van der Waals surface area contributed by atoms with Crippen LogP contribution in [-0.2, 0) is 16.0 Å². The molecule has 3 rings (SSSR count). The molecule has 7 heteroatoms. The van der Waals surface area contributed by atoms with Gasteiger partial charge in [-0.25, -0.2) is 0 Å². The lowest BCUT2D eigenvalue weighted by Crippen LogP contribution is -2.39. The summed E-state index contributed by atoms with van der Waals surface area (Å²) in [6.45, 7) is 4.40. The minimum atomic E-state index is -0.697. The molecule has 0 saturated carbocycles. The Balaban J connectivity index is 1.45. The van der Waals surface area contributed by atoms with Gasteiger partial charge in [-0.1, -0.05) is 18.2 Å². The van der Waals surface area contributed by atoms with E-state index in [4.69, 9.17) is 15.7 Å². The van der Waals surface area contributed by atoms with Gasteiger partial charge in [0.25, 0.3) is 5.91 Å². The van der Waals surface area contributed by atoms with Crippen LogP contribution < -0.4 is 15.8 Å². The normalized spacial score (nSPS) is 15.6.